The monoisotopic (exact) mass is 680 g/mol. The number of nitrogens with one attached hydrogen (secondary N) is 1. The van der Waals surface area contributed by atoms with Gasteiger partial charge in [-0.1, -0.05) is 42.5 Å². The zero-order chi connectivity index (χ0) is 32.7. The van der Waals surface area contributed by atoms with Crippen molar-refractivity contribution in [1.29, 1.82) is 0 Å². The van der Waals surface area contributed by atoms with Crippen LogP contribution in [0.5, 0.6) is 0 Å². The quantitative estimate of drug-likeness (QED) is 0.111. The van der Waals surface area contributed by atoms with Crippen LogP contribution in [0.4, 0.5) is 17.1 Å². The molecule has 2 aliphatic rings. The molecule has 4 N–H and O–H groups in total. The molecule has 0 saturated carbocycles. The number of benzene rings is 5. The molecule has 0 radical (unpaired) electrons. The van der Waals surface area contributed by atoms with Gasteiger partial charge in [0.25, 0.3) is 10.1 Å². The summed E-state index contributed by atoms with van der Waals surface area (Å²) in [6.07, 6.45) is 0. The van der Waals surface area contributed by atoms with Crippen molar-refractivity contribution in [2.45, 2.75) is 18.7 Å². The zero-order valence-corrected chi connectivity index (χ0v) is 31.3. The Kier molecular flexibility index (Phi) is 11.4. The number of carboxylic acids is 2. The van der Waals surface area contributed by atoms with Gasteiger partial charge >= 0.3 is 71.1 Å². The van der Waals surface area contributed by atoms with Crippen LogP contribution in [0.2, 0.25) is 0 Å². The molecule has 0 amide bonds. The molecule has 0 aromatic heterocycles. The molecule has 1 aliphatic carbocycles. The van der Waals surface area contributed by atoms with Crippen LogP contribution in [-0.2, 0) is 10.1 Å². The van der Waals surface area contributed by atoms with Gasteiger partial charge < -0.3 is 19.9 Å². The number of anilines is 2. The number of para-hydroxylation sites is 2. The van der Waals surface area contributed by atoms with Gasteiger partial charge in [0, 0.05) is 39.9 Å². The molecule has 1 aliphatic heterocycles. The summed E-state index contributed by atoms with van der Waals surface area (Å²) in [4.78, 5) is 28.1. The fraction of sp³-hybridized carbons (Fsp3) is 0.0571. The van der Waals surface area contributed by atoms with Crippen LogP contribution in [-0.4, -0.2) is 35.1 Å². The van der Waals surface area contributed by atoms with E-state index in [1.54, 1.807) is 86.6 Å². The van der Waals surface area contributed by atoms with Gasteiger partial charge in [0.2, 0.25) is 0 Å². The van der Waals surface area contributed by atoms with E-state index in [-0.39, 0.29) is 86.4 Å². The first-order chi connectivity index (χ1) is 21.9. The van der Waals surface area contributed by atoms with Crippen molar-refractivity contribution in [3.05, 3.63) is 125 Å². The van der Waals surface area contributed by atoms with E-state index in [0.717, 1.165) is 0 Å². The largest absolute Gasteiger partial charge is 1.00 e. The molecule has 0 spiro atoms. The fourth-order valence-electron chi connectivity index (χ4n) is 5.48. The Hall–Kier alpha value is -3.78. The Morgan fingerprint density at radius 1 is 0.750 bits per heavy atom. The molecule has 230 valence electrons. The zero-order valence-electron chi connectivity index (χ0n) is 26.5. The van der Waals surface area contributed by atoms with E-state index in [1.807, 2.05) is 0 Å². The predicted molar refractivity (Wildman–Crippen MR) is 173 cm³/mol. The molecule has 48 heavy (non-hydrogen) atoms. The summed E-state index contributed by atoms with van der Waals surface area (Å²) < 4.78 is 41.4. The smallest absolute Gasteiger partial charge is 0.478 e. The Bertz CT molecular complexity index is 2370. The molecule has 4 aromatic rings. The molecule has 0 unspecified atom stereocenters. The molecule has 0 fully saturated rings. The number of aromatic carboxylic acids is 2. The summed E-state index contributed by atoms with van der Waals surface area (Å²) in [6.45, 7) is 3.54. The van der Waals surface area contributed by atoms with Gasteiger partial charge in [-0.2, -0.15) is 8.42 Å². The van der Waals surface area contributed by atoms with Gasteiger partial charge in [0.15, 0.2) is 0 Å². The van der Waals surface area contributed by atoms with Gasteiger partial charge in [0.1, 0.15) is 16.2 Å². The summed E-state index contributed by atoms with van der Waals surface area (Å²) in [6, 6.07) is 26.0. The van der Waals surface area contributed by atoms with Crippen molar-refractivity contribution in [2.75, 3.05) is 5.32 Å². The van der Waals surface area contributed by atoms with Gasteiger partial charge in [0.05, 0.1) is 27.9 Å². The molecular formula is C35H26N2Na2O8S+2. The van der Waals surface area contributed by atoms with E-state index in [4.69, 9.17) is 4.42 Å². The van der Waals surface area contributed by atoms with Gasteiger partial charge in [-0.25, -0.2) is 14.6 Å². The molecule has 6 rings (SSSR count). The third-order valence-corrected chi connectivity index (χ3v) is 8.53. The third kappa shape index (κ3) is 7.29. The number of carboxylic acid groups (broad SMARTS) is 2. The summed E-state index contributed by atoms with van der Waals surface area (Å²) in [5.74, 6) is -1.91. The Labute approximate surface area is 319 Å². The van der Waals surface area contributed by atoms with Crippen LogP contribution in [0.25, 0.3) is 33.4 Å². The first-order valence-corrected chi connectivity index (χ1v) is 15.4. The van der Waals surface area contributed by atoms with Crippen molar-refractivity contribution in [3.63, 3.8) is 0 Å². The first-order valence-electron chi connectivity index (χ1n) is 14.0. The van der Waals surface area contributed by atoms with E-state index < -0.39 is 22.1 Å². The second-order valence-electron chi connectivity index (χ2n) is 10.7. The van der Waals surface area contributed by atoms with E-state index in [1.165, 1.54) is 24.3 Å². The Morgan fingerprint density at radius 3 is 2.10 bits per heavy atom. The Morgan fingerprint density at radius 2 is 1.42 bits per heavy atom. The fourth-order valence-corrected chi connectivity index (χ4v) is 6.18. The first kappa shape index (κ1) is 37.0. The van der Waals surface area contributed by atoms with Gasteiger partial charge in [-0.05, 0) is 67.4 Å². The topological polar surface area (TPSA) is 166 Å². The summed E-state index contributed by atoms with van der Waals surface area (Å²) in [5, 5.41) is 23.5. The maximum absolute atomic E-state index is 12.5. The Balaban J connectivity index is 0.00000260. The van der Waals surface area contributed by atoms with Crippen molar-refractivity contribution in [1.82, 2.24) is 0 Å². The van der Waals surface area contributed by atoms with Crippen LogP contribution in [0, 0.1) is 13.8 Å². The molecule has 13 heteroatoms. The normalized spacial score (nSPS) is 11.5. The van der Waals surface area contributed by atoms with Crippen LogP contribution in [0.1, 0.15) is 31.8 Å². The summed E-state index contributed by atoms with van der Waals surface area (Å²) in [5.41, 5.74) is 4.22. The number of aryl methyl sites for hydroxylation is 2. The number of carbonyl (C=O) groups is 2. The van der Waals surface area contributed by atoms with Crippen molar-refractivity contribution in [2.24, 2.45) is 4.99 Å². The second kappa shape index (κ2) is 14.8. The molecular weight excluding hydrogens is 654 g/mol. The summed E-state index contributed by atoms with van der Waals surface area (Å²) in [7, 11) is -4.62. The van der Waals surface area contributed by atoms with Gasteiger partial charge in [-0.3, -0.25) is 4.55 Å². The van der Waals surface area contributed by atoms with Crippen LogP contribution < -0.4 is 69.8 Å². The molecule has 0 atom stereocenters. The third-order valence-electron chi connectivity index (χ3n) is 7.62. The van der Waals surface area contributed by atoms with Gasteiger partial charge in [-0.15, -0.1) is 0 Å². The molecule has 1 heterocycles. The molecule has 4 aromatic carbocycles. The number of rotatable bonds is 7. The number of hydrogen-bond donors (Lipinski definition) is 4. The van der Waals surface area contributed by atoms with E-state index in [0.29, 0.717) is 55.7 Å². The molecule has 0 bridgehead atoms. The van der Waals surface area contributed by atoms with Crippen LogP contribution >= 0.6 is 0 Å². The number of hydrogen-bond acceptors (Lipinski definition) is 7. The van der Waals surface area contributed by atoms with Crippen molar-refractivity contribution >= 4 is 50.1 Å². The van der Waals surface area contributed by atoms with Crippen LogP contribution in [0.15, 0.2) is 111 Å². The van der Waals surface area contributed by atoms with Crippen molar-refractivity contribution < 1.29 is 96.3 Å². The molecule has 10 nitrogen and oxygen atoms in total. The average molecular weight is 681 g/mol. The number of fused-ring (bicyclic) bond motifs is 2. The predicted octanol–water partition coefficient (Wildman–Crippen LogP) is 1.45. The van der Waals surface area contributed by atoms with E-state index >= 15 is 0 Å². The summed E-state index contributed by atoms with van der Waals surface area (Å²) >= 11 is 0. The number of nitrogens with zero attached hydrogens (tertiary/aromatic N) is 1. The minimum absolute atomic E-state index is 0. The maximum Gasteiger partial charge on any atom is 1.00 e. The second-order valence-corrected chi connectivity index (χ2v) is 12.0. The molecule has 0 saturated heterocycles. The maximum atomic E-state index is 12.5. The van der Waals surface area contributed by atoms with Crippen molar-refractivity contribution in [3.8, 4) is 22.5 Å². The van der Waals surface area contributed by atoms with E-state index in [9.17, 15) is 32.8 Å². The van der Waals surface area contributed by atoms with Crippen LogP contribution in [0.3, 0.4) is 0 Å². The standard InChI is InChI=1S/C35H26N2O8S.2Na/c1-19-7-5-10-26(34(38)39)32(19)36-21-13-15-23-28(17-21)45-29-18-22(37-33-20(2)8-6-11-27(33)35(40)41)14-16-24(29)31(23)25-9-3-4-12-30(25)46(42,43)44;;/h3-18,36H,1-2H3,(H,38,39)(H,40,41)(H,42,43,44);;/q;2*+1. The minimum Gasteiger partial charge on any atom is -0.478 e. The van der Waals surface area contributed by atoms with E-state index in [2.05, 4.69) is 10.3 Å². The average Bonchev–Trinajstić information content (AvgIpc) is 3.01. The minimum atomic E-state index is -4.62. The SMILES string of the molecule is Cc1cccc(C(=O)O)c1N=c1ccc2c(-c3ccccc3S(=O)(=O)O)c3ccc(Nc4c(C)cccc4C(=O)O)cc3oc-2c1.[Na+].[Na+].